The van der Waals surface area contributed by atoms with Gasteiger partial charge in [-0.25, -0.2) is 0 Å². The van der Waals surface area contributed by atoms with Crippen LogP contribution in [-0.2, 0) is 17.8 Å². The molecule has 1 aromatic carbocycles. The van der Waals surface area contributed by atoms with E-state index < -0.39 is 6.04 Å². The van der Waals surface area contributed by atoms with E-state index in [9.17, 15) is 14.7 Å². The summed E-state index contributed by atoms with van der Waals surface area (Å²) in [6.07, 6.45) is 7.96. The number of aliphatic hydroxyl groups is 1. The lowest BCUT2D eigenvalue weighted by molar-refractivity contribution is -0.124. The van der Waals surface area contributed by atoms with E-state index in [1.54, 1.807) is 17.0 Å². The van der Waals surface area contributed by atoms with E-state index >= 15 is 0 Å². The van der Waals surface area contributed by atoms with Crippen LogP contribution in [0.3, 0.4) is 0 Å². The Balaban J connectivity index is 1.28. The highest BCUT2D eigenvalue weighted by atomic mass is 16.3. The van der Waals surface area contributed by atoms with Gasteiger partial charge in [-0.3, -0.25) is 19.9 Å². The minimum atomic E-state index is -0.487. The van der Waals surface area contributed by atoms with Gasteiger partial charge in [-0.1, -0.05) is 36.4 Å². The standard InChI is InChI=1S/C27H28N4O3/c32-17-22-21-16-31-23(9-8-20(27(31)34)7-6-18-4-2-1-3-5-18)24(21)30-25(22)26(33)29-15-12-19-10-13-28-14-11-19/h1-11,13-14,21-22,24-25,30,32H,12,15-17H2,(H,29,33)/b7-6+/t21-,22-,24+,25-/m0/s1. The topological polar surface area (TPSA) is 96.3 Å². The second-order valence-electron chi connectivity index (χ2n) is 8.90. The van der Waals surface area contributed by atoms with Gasteiger partial charge < -0.3 is 15.0 Å². The van der Waals surface area contributed by atoms with Crippen molar-refractivity contribution in [1.29, 1.82) is 0 Å². The van der Waals surface area contributed by atoms with Crippen LogP contribution < -0.4 is 16.2 Å². The lowest BCUT2D eigenvalue weighted by Gasteiger charge is -2.21. The highest BCUT2D eigenvalue weighted by molar-refractivity contribution is 5.82. The van der Waals surface area contributed by atoms with Crippen molar-refractivity contribution in [2.45, 2.75) is 25.0 Å². The molecule has 34 heavy (non-hydrogen) atoms. The second-order valence-corrected chi connectivity index (χ2v) is 8.90. The zero-order valence-corrected chi connectivity index (χ0v) is 18.8. The number of rotatable bonds is 7. The molecule has 2 aromatic heterocycles. The Bertz CT molecular complexity index is 1240. The number of nitrogens with one attached hydrogen (secondary N) is 2. The largest absolute Gasteiger partial charge is 0.396 e. The zero-order chi connectivity index (χ0) is 23.5. The van der Waals surface area contributed by atoms with Crippen molar-refractivity contribution >= 4 is 18.1 Å². The third-order valence-corrected chi connectivity index (χ3v) is 6.93. The van der Waals surface area contributed by atoms with Crippen molar-refractivity contribution in [3.8, 4) is 0 Å². The number of carbonyl (C=O) groups excluding carboxylic acids is 1. The predicted molar refractivity (Wildman–Crippen MR) is 131 cm³/mol. The number of hydrogen-bond acceptors (Lipinski definition) is 5. The summed E-state index contributed by atoms with van der Waals surface area (Å²) in [5.74, 6) is -0.380. The number of pyridine rings is 2. The lowest BCUT2D eigenvalue weighted by atomic mass is 9.88. The Hall–Kier alpha value is -3.55. The number of amides is 1. The van der Waals surface area contributed by atoms with Crippen molar-refractivity contribution in [3.63, 3.8) is 0 Å². The molecule has 3 N–H and O–H groups in total. The smallest absolute Gasteiger partial charge is 0.258 e. The molecule has 5 rings (SSSR count). The summed E-state index contributed by atoms with van der Waals surface area (Å²) >= 11 is 0. The number of hydrogen-bond donors (Lipinski definition) is 3. The monoisotopic (exact) mass is 456 g/mol. The van der Waals surface area contributed by atoms with Gasteiger partial charge in [0.2, 0.25) is 5.91 Å². The van der Waals surface area contributed by atoms with Gasteiger partial charge in [0.25, 0.3) is 5.56 Å². The molecular formula is C27H28N4O3. The first-order chi connectivity index (χ1) is 16.7. The van der Waals surface area contributed by atoms with E-state index in [-0.39, 0.29) is 36.0 Å². The van der Waals surface area contributed by atoms with Crippen LogP contribution in [-0.4, -0.2) is 39.8 Å². The number of aromatic nitrogens is 2. The SMILES string of the molecule is O=C(NCCc1ccncc1)[C@H]1N[C@H]2c3ccc(/C=C/c4ccccc4)c(=O)n3C[C@H]2[C@@H]1CO. The van der Waals surface area contributed by atoms with Gasteiger partial charge in [0, 0.05) is 55.2 Å². The summed E-state index contributed by atoms with van der Waals surface area (Å²) in [6.45, 7) is 0.895. The number of carbonyl (C=O) groups is 1. The summed E-state index contributed by atoms with van der Waals surface area (Å²) < 4.78 is 1.78. The molecule has 4 atom stereocenters. The van der Waals surface area contributed by atoms with Crippen LogP contribution >= 0.6 is 0 Å². The highest BCUT2D eigenvalue weighted by Gasteiger charge is 2.50. The lowest BCUT2D eigenvalue weighted by Crippen LogP contribution is -2.46. The van der Waals surface area contributed by atoms with Gasteiger partial charge in [-0.15, -0.1) is 0 Å². The van der Waals surface area contributed by atoms with Gasteiger partial charge in [0.1, 0.15) is 0 Å². The Morgan fingerprint density at radius 3 is 2.68 bits per heavy atom. The molecule has 4 heterocycles. The fourth-order valence-electron chi connectivity index (χ4n) is 5.14. The zero-order valence-electron chi connectivity index (χ0n) is 18.8. The van der Waals surface area contributed by atoms with Crippen molar-refractivity contribution in [1.82, 2.24) is 20.2 Å². The quantitative estimate of drug-likeness (QED) is 0.506. The van der Waals surface area contributed by atoms with Crippen LogP contribution in [0.25, 0.3) is 12.2 Å². The van der Waals surface area contributed by atoms with E-state index in [0.29, 0.717) is 18.7 Å². The Morgan fingerprint density at radius 1 is 1.12 bits per heavy atom. The van der Waals surface area contributed by atoms with Gasteiger partial charge >= 0.3 is 0 Å². The second kappa shape index (κ2) is 9.75. The van der Waals surface area contributed by atoms with E-state index in [4.69, 9.17) is 0 Å². The molecular weight excluding hydrogens is 428 g/mol. The Morgan fingerprint density at radius 2 is 1.91 bits per heavy atom. The molecule has 0 bridgehead atoms. The molecule has 3 aromatic rings. The fourth-order valence-corrected chi connectivity index (χ4v) is 5.14. The van der Waals surface area contributed by atoms with Crippen molar-refractivity contribution in [2.75, 3.05) is 13.2 Å². The summed E-state index contributed by atoms with van der Waals surface area (Å²) in [5, 5.41) is 16.5. The van der Waals surface area contributed by atoms with Gasteiger partial charge in [0.15, 0.2) is 0 Å². The maximum atomic E-state index is 13.1. The Kier molecular flexibility index (Phi) is 6.38. The number of fused-ring (bicyclic) bond motifs is 3. The highest BCUT2D eigenvalue weighted by Crippen LogP contribution is 2.42. The summed E-state index contributed by atoms with van der Waals surface area (Å²) in [7, 11) is 0. The average Bonchev–Trinajstić information content (AvgIpc) is 3.41. The molecule has 0 unspecified atom stereocenters. The molecule has 1 amide bonds. The first kappa shape index (κ1) is 22.3. The van der Waals surface area contributed by atoms with Crippen LogP contribution in [0.5, 0.6) is 0 Å². The molecule has 0 radical (unpaired) electrons. The minimum Gasteiger partial charge on any atom is -0.396 e. The van der Waals surface area contributed by atoms with Crippen LogP contribution in [0.4, 0.5) is 0 Å². The van der Waals surface area contributed by atoms with Crippen LogP contribution in [0, 0.1) is 11.8 Å². The molecule has 1 saturated heterocycles. The average molecular weight is 457 g/mol. The number of aliphatic hydroxyl groups excluding tert-OH is 1. The molecule has 0 saturated carbocycles. The summed E-state index contributed by atoms with van der Waals surface area (Å²) in [4.78, 5) is 30.1. The predicted octanol–water partition coefficient (Wildman–Crippen LogP) is 2.02. The molecule has 0 aliphatic carbocycles. The minimum absolute atomic E-state index is 0.0120. The van der Waals surface area contributed by atoms with E-state index in [0.717, 1.165) is 23.2 Å². The molecule has 174 valence electrons. The Labute approximate surface area is 198 Å². The van der Waals surface area contributed by atoms with E-state index in [2.05, 4.69) is 15.6 Å². The molecule has 7 nitrogen and oxygen atoms in total. The van der Waals surface area contributed by atoms with Crippen LogP contribution in [0.15, 0.2) is 71.8 Å². The molecule has 2 aliphatic heterocycles. The van der Waals surface area contributed by atoms with Crippen LogP contribution in [0.2, 0.25) is 0 Å². The molecule has 1 fully saturated rings. The first-order valence-electron chi connectivity index (χ1n) is 11.7. The van der Waals surface area contributed by atoms with Crippen molar-refractivity contribution < 1.29 is 9.90 Å². The molecule has 2 aliphatic rings. The normalized spacial score (nSPS) is 23.1. The molecule has 0 spiro atoms. The summed E-state index contributed by atoms with van der Waals surface area (Å²) in [6, 6.07) is 16.9. The summed E-state index contributed by atoms with van der Waals surface area (Å²) in [5.41, 5.74) is 3.59. The maximum absolute atomic E-state index is 13.1. The third-order valence-electron chi connectivity index (χ3n) is 6.93. The van der Waals surface area contributed by atoms with Crippen LogP contribution in [0.1, 0.15) is 28.4 Å². The maximum Gasteiger partial charge on any atom is 0.258 e. The van der Waals surface area contributed by atoms with Crippen molar-refractivity contribution in [2.24, 2.45) is 11.8 Å². The number of nitrogens with zero attached hydrogens (tertiary/aromatic N) is 2. The van der Waals surface area contributed by atoms with Gasteiger partial charge in [0.05, 0.1) is 12.1 Å². The molecule has 7 heteroatoms. The van der Waals surface area contributed by atoms with E-state index in [1.807, 2.05) is 66.7 Å². The number of benzene rings is 1. The van der Waals surface area contributed by atoms with Crippen molar-refractivity contribution in [3.05, 3.63) is 99.7 Å². The van der Waals surface area contributed by atoms with Gasteiger partial charge in [-0.2, -0.15) is 0 Å². The van der Waals surface area contributed by atoms with E-state index in [1.165, 1.54) is 0 Å². The third kappa shape index (κ3) is 4.32. The first-order valence-corrected chi connectivity index (χ1v) is 11.7. The van der Waals surface area contributed by atoms with Gasteiger partial charge in [-0.05, 0) is 47.9 Å². The fraction of sp³-hybridized carbons (Fsp3) is 0.296.